The number of alkyl halides is 3. The van der Waals surface area contributed by atoms with Gasteiger partial charge in [0.15, 0.2) is 5.60 Å². The summed E-state index contributed by atoms with van der Waals surface area (Å²) < 4.78 is 43.9. The van der Waals surface area contributed by atoms with Crippen molar-refractivity contribution in [3.63, 3.8) is 0 Å². The molecular formula is C17H22F3NO3. The third kappa shape index (κ3) is 4.20. The first-order valence-corrected chi connectivity index (χ1v) is 8.08. The number of rotatable bonds is 5. The highest BCUT2D eigenvalue weighted by Crippen LogP contribution is 2.38. The van der Waals surface area contributed by atoms with Gasteiger partial charge < -0.3 is 14.7 Å². The van der Waals surface area contributed by atoms with E-state index in [9.17, 15) is 23.1 Å². The van der Waals surface area contributed by atoms with Gasteiger partial charge in [-0.3, -0.25) is 4.79 Å². The van der Waals surface area contributed by atoms with Crippen molar-refractivity contribution in [2.45, 2.75) is 44.4 Å². The zero-order valence-corrected chi connectivity index (χ0v) is 13.6. The zero-order valence-electron chi connectivity index (χ0n) is 13.6. The topological polar surface area (TPSA) is 49.8 Å². The number of ether oxygens (including phenoxy) is 1. The summed E-state index contributed by atoms with van der Waals surface area (Å²) in [5, 5.41) is 9.64. The number of halogens is 3. The van der Waals surface area contributed by atoms with Gasteiger partial charge in [0.25, 0.3) is 5.91 Å². The molecule has 1 aliphatic heterocycles. The van der Waals surface area contributed by atoms with Crippen molar-refractivity contribution in [3.05, 3.63) is 29.8 Å². The van der Waals surface area contributed by atoms with Crippen LogP contribution in [0.5, 0.6) is 5.75 Å². The van der Waals surface area contributed by atoms with Crippen LogP contribution in [-0.4, -0.2) is 47.4 Å². The van der Waals surface area contributed by atoms with Crippen molar-refractivity contribution < 1.29 is 27.8 Å². The fraction of sp³-hybridized carbons (Fsp3) is 0.588. The van der Waals surface area contributed by atoms with Crippen LogP contribution in [0.25, 0.3) is 0 Å². The Labute approximate surface area is 139 Å². The SMILES string of the molecule is CCCCOc1ccc(C(=O)N2CCC(O)(C(F)(F)F)CC2)cc1. The molecule has 2 rings (SSSR count). The van der Waals surface area contributed by atoms with Crippen molar-refractivity contribution in [2.75, 3.05) is 19.7 Å². The van der Waals surface area contributed by atoms with Crippen LogP contribution in [0.4, 0.5) is 13.2 Å². The molecule has 134 valence electrons. The number of amides is 1. The molecule has 0 aromatic heterocycles. The minimum atomic E-state index is -4.67. The van der Waals surface area contributed by atoms with Crippen LogP contribution >= 0.6 is 0 Å². The number of unbranched alkanes of at least 4 members (excludes halogenated alkanes) is 1. The molecule has 0 unspecified atom stereocenters. The molecule has 0 saturated carbocycles. The van der Waals surface area contributed by atoms with Gasteiger partial charge in [0.1, 0.15) is 5.75 Å². The van der Waals surface area contributed by atoms with Gasteiger partial charge in [-0.25, -0.2) is 0 Å². The molecule has 4 nitrogen and oxygen atoms in total. The average molecular weight is 345 g/mol. The van der Waals surface area contributed by atoms with E-state index in [-0.39, 0.29) is 19.0 Å². The van der Waals surface area contributed by atoms with Crippen LogP contribution in [0.1, 0.15) is 43.0 Å². The maximum atomic E-state index is 12.8. The Morgan fingerprint density at radius 2 is 1.83 bits per heavy atom. The smallest absolute Gasteiger partial charge is 0.417 e. The molecule has 1 N–H and O–H groups in total. The maximum absolute atomic E-state index is 12.8. The molecule has 1 fully saturated rings. The van der Waals surface area contributed by atoms with E-state index in [0.29, 0.717) is 17.9 Å². The van der Waals surface area contributed by atoms with Gasteiger partial charge in [-0.1, -0.05) is 13.3 Å². The monoisotopic (exact) mass is 345 g/mol. The summed E-state index contributed by atoms with van der Waals surface area (Å²) in [6.45, 7) is 2.42. The highest BCUT2D eigenvalue weighted by atomic mass is 19.4. The predicted octanol–water partition coefficient (Wildman–Crippen LogP) is 3.39. The van der Waals surface area contributed by atoms with Gasteiger partial charge in [0.05, 0.1) is 6.61 Å². The number of carbonyl (C=O) groups excluding carboxylic acids is 1. The van der Waals surface area contributed by atoms with Gasteiger partial charge in [-0.05, 0) is 30.7 Å². The third-order valence-electron chi connectivity index (χ3n) is 4.27. The Balaban J connectivity index is 1.93. The Morgan fingerprint density at radius 1 is 1.25 bits per heavy atom. The number of nitrogens with zero attached hydrogens (tertiary/aromatic N) is 1. The summed E-state index contributed by atoms with van der Waals surface area (Å²) in [4.78, 5) is 13.7. The molecule has 1 aliphatic rings. The van der Waals surface area contributed by atoms with Crippen molar-refractivity contribution in [1.29, 1.82) is 0 Å². The van der Waals surface area contributed by atoms with Gasteiger partial charge in [-0.2, -0.15) is 13.2 Å². The molecule has 1 aromatic carbocycles. The number of benzene rings is 1. The normalized spacial score (nSPS) is 17.6. The number of hydrogen-bond donors (Lipinski definition) is 1. The van der Waals surface area contributed by atoms with E-state index < -0.39 is 24.6 Å². The summed E-state index contributed by atoms with van der Waals surface area (Å²) in [7, 11) is 0. The van der Waals surface area contributed by atoms with Crippen LogP contribution in [0.3, 0.4) is 0 Å². The van der Waals surface area contributed by atoms with Crippen LogP contribution in [0.2, 0.25) is 0 Å². The number of carbonyl (C=O) groups is 1. The second kappa shape index (κ2) is 7.42. The number of hydrogen-bond acceptors (Lipinski definition) is 3. The van der Waals surface area contributed by atoms with E-state index in [0.717, 1.165) is 12.8 Å². The summed E-state index contributed by atoms with van der Waals surface area (Å²) in [6.07, 6.45) is -3.70. The van der Waals surface area contributed by atoms with Gasteiger partial charge in [0.2, 0.25) is 0 Å². The highest BCUT2D eigenvalue weighted by molar-refractivity contribution is 5.94. The van der Waals surface area contributed by atoms with Gasteiger partial charge in [0, 0.05) is 31.5 Å². The first-order chi connectivity index (χ1) is 11.3. The number of likely N-dealkylation sites (tertiary alicyclic amines) is 1. The van der Waals surface area contributed by atoms with Crippen molar-refractivity contribution in [1.82, 2.24) is 4.90 Å². The van der Waals surface area contributed by atoms with Crippen LogP contribution in [0.15, 0.2) is 24.3 Å². The molecule has 0 spiro atoms. The molecule has 1 aromatic rings. The van der Waals surface area contributed by atoms with Crippen LogP contribution in [0, 0.1) is 0 Å². The van der Waals surface area contributed by atoms with E-state index in [1.54, 1.807) is 24.3 Å². The average Bonchev–Trinajstić information content (AvgIpc) is 2.55. The summed E-state index contributed by atoms with van der Waals surface area (Å²) >= 11 is 0. The minimum Gasteiger partial charge on any atom is -0.494 e. The van der Waals surface area contributed by atoms with E-state index in [1.807, 2.05) is 0 Å². The first-order valence-electron chi connectivity index (χ1n) is 8.08. The lowest BCUT2D eigenvalue weighted by Crippen LogP contribution is -2.54. The second-order valence-electron chi connectivity index (χ2n) is 6.05. The van der Waals surface area contributed by atoms with Crippen LogP contribution < -0.4 is 4.74 Å². The fourth-order valence-electron chi connectivity index (χ4n) is 2.57. The zero-order chi connectivity index (χ0) is 17.8. The number of aliphatic hydroxyl groups is 1. The van der Waals surface area contributed by atoms with Crippen molar-refractivity contribution in [3.8, 4) is 5.75 Å². The molecule has 24 heavy (non-hydrogen) atoms. The standard InChI is InChI=1S/C17H22F3NO3/c1-2-3-12-24-14-6-4-13(5-7-14)15(22)21-10-8-16(23,9-11-21)17(18,19)20/h4-7,23H,2-3,8-12H2,1H3. The molecule has 0 bridgehead atoms. The molecular weight excluding hydrogens is 323 g/mol. The number of piperidine rings is 1. The largest absolute Gasteiger partial charge is 0.494 e. The third-order valence-corrected chi connectivity index (χ3v) is 4.27. The quantitative estimate of drug-likeness (QED) is 0.832. The molecule has 0 radical (unpaired) electrons. The van der Waals surface area contributed by atoms with Crippen LogP contribution in [-0.2, 0) is 0 Å². The molecule has 7 heteroatoms. The lowest BCUT2D eigenvalue weighted by atomic mass is 9.90. The second-order valence-corrected chi connectivity index (χ2v) is 6.05. The van der Waals surface area contributed by atoms with E-state index in [4.69, 9.17) is 4.74 Å². The van der Waals surface area contributed by atoms with Crippen molar-refractivity contribution in [2.24, 2.45) is 0 Å². The van der Waals surface area contributed by atoms with Crippen molar-refractivity contribution >= 4 is 5.91 Å². The first kappa shape index (κ1) is 18.6. The molecule has 0 atom stereocenters. The lowest BCUT2D eigenvalue weighted by Gasteiger charge is -2.39. The van der Waals surface area contributed by atoms with Gasteiger partial charge in [-0.15, -0.1) is 0 Å². The maximum Gasteiger partial charge on any atom is 0.417 e. The fourth-order valence-corrected chi connectivity index (χ4v) is 2.57. The Kier molecular flexibility index (Phi) is 5.74. The molecule has 1 heterocycles. The Hall–Kier alpha value is -1.76. The molecule has 1 saturated heterocycles. The summed E-state index contributed by atoms with van der Waals surface area (Å²) in [6, 6.07) is 6.57. The van der Waals surface area contributed by atoms with E-state index in [2.05, 4.69) is 6.92 Å². The van der Waals surface area contributed by atoms with E-state index >= 15 is 0 Å². The highest BCUT2D eigenvalue weighted by Gasteiger charge is 2.54. The Bertz CT molecular complexity index is 549. The summed E-state index contributed by atoms with van der Waals surface area (Å²) in [5.41, 5.74) is -2.30. The van der Waals surface area contributed by atoms with E-state index in [1.165, 1.54) is 4.90 Å². The molecule has 1 amide bonds. The van der Waals surface area contributed by atoms with Gasteiger partial charge >= 0.3 is 6.18 Å². The minimum absolute atomic E-state index is 0.121. The predicted molar refractivity (Wildman–Crippen MR) is 83.0 cm³/mol. The summed E-state index contributed by atoms with van der Waals surface area (Å²) in [5.74, 6) is 0.324. The Morgan fingerprint density at radius 3 is 2.33 bits per heavy atom. The molecule has 0 aliphatic carbocycles. The lowest BCUT2D eigenvalue weighted by molar-refractivity contribution is -0.271.